The summed E-state index contributed by atoms with van der Waals surface area (Å²) < 4.78 is 63.4. The van der Waals surface area contributed by atoms with E-state index in [1.165, 1.54) is 37.8 Å². The number of benzene rings is 2. The van der Waals surface area contributed by atoms with E-state index >= 15 is 0 Å². The number of hydrogen-bond acceptors (Lipinski definition) is 1. The van der Waals surface area contributed by atoms with E-state index in [1.807, 2.05) is 6.92 Å². The highest BCUT2D eigenvalue weighted by Crippen LogP contribution is 2.45. The highest BCUT2D eigenvalue weighted by Gasteiger charge is 2.41. The van der Waals surface area contributed by atoms with Crippen LogP contribution >= 0.6 is 0 Å². The van der Waals surface area contributed by atoms with Crippen molar-refractivity contribution in [2.75, 3.05) is 0 Å². The van der Waals surface area contributed by atoms with Crippen LogP contribution in [0.5, 0.6) is 5.75 Å². The van der Waals surface area contributed by atoms with Crippen LogP contribution in [-0.4, -0.2) is 0 Å². The molecule has 2 aromatic carbocycles. The minimum absolute atomic E-state index is 0.0125. The molecule has 0 unspecified atom stereocenters. The van der Waals surface area contributed by atoms with Gasteiger partial charge in [0, 0.05) is 0 Å². The van der Waals surface area contributed by atoms with Gasteiger partial charge in [0.15, 0.2) is 0 Å². The molecule has 2 aliphatic carbocycles. The number of aryl methyl sites for hydroxylation is 1. The number of rotatable bonds is 5. The van der Waals surface area contributed by atoms with Crippen molar-refractivity contribution in [1.29, 1.82) is 0 Å². The Labute approximate surface area is 188 Å². The summed E-state index contributed by atoms with van der Waals surface area (Å²) in [5, 5.41) is 0. The Hall–Kier alpha value is -2.04. The first-order valence-electron chi connectivity index (χ1n) is 11.9. The summed E-state index contributed by atoms with van der Waals surface area (Å²) in [6.45, 7) is 4.12. The lowest BCUT2D eigenvalue weighted by molar-refractivity contribution is -0.189. The molecule has 0 radical (unpaired) electrons. The molecule has 0 bridgehead atoms. The normalized spacial score (nSPS) is 26.7. The Balaban J connectivity index is 1.44. The van der Waals surface area contributed by atoms with Crippen molar-refractivity contribution in [1.82, 2.24) is 0 Å². The number of alkyl halides is 2. The zero-order valence-electron chi connectivity index (χ0n) is 18.9. The van der Waals surface area contributed by atoms with E-state index in [-0.39, 0.29) is 11.7 Å². The highest BCUT2D eigenvalue weighted by atomic mass is 19.3. The minimum atomic E-state index is -4.10. The Morgan fingerprint density at radius 3 is 1.81 bits per heavy atom. The van der Waals surface area contributed by atoms with Crippen LogP contribution in [0.2, 0.25) is 0 Å². The lowest BCUT2D eigenvalue weighted by Crippen LogP contribution is -2.26. The average Bonchev–Trinajstić information content (AvgIpc) is 2.75. The van der Waals surface area contributed by atoms with E-state index in [1.54, 1.807) is 12.1 Å². The summed E-state index contributed by atoms with van der Waals surface area (Å²) >= 11 is 0. The van der Waals surface area contributed by atoms with Gasteiger partial charge in [0.2, 0.25) is 0 Å². The monoisotopic (exact) mass is 448 g/mol. The van der Waals surface area contributed by atoms with Gasteiger partial charge in [-0.05, 0) is 98.9 Å². The summed E-state index contributed by atoms with van der Waals surface area (Å²) in [6, 6.07) is 8.09. The first-order valence-corrected chi connectivity index (χ1v) is 11.9. The van der Waals surface area contributed by atoms with Gasteiger partial charge in [-0.3, -0.25) is 0 Å². The predicted molar refractivity (Wildman–Crippen MR) is 118 cm³/mol. The summed E-state index contributed by atoms with van der Waals surface area (Å²) in [6.07, 6.45) is 4.84. The van der Waals surface area contributed by atoms with Crippen molar-refractivity contribution in [2.45, 2.75) is 77.2 Å². The molecule has 0 N–H and O–H groups in total. The third kappa shape index (κ3) is 5.13. The van der Waals surface area contributed by atoms with E-state index in [2.05, 4.69) is 11.7 Å². The topological polar surface area (TPSA) is 9.23 Å². The van der Waals surface area contributed by atoms with E-state index < -0.39 is 23.3 Å². The second-order valence-corrected chi connectivity index (χ2v) is 9.92. The smallest absolute Gasteiger partial charge is 0.429 e. The van der Waals surface area contributed by atoms with Crippen LogP contribution in [0, 0.1) is 36.3 Å². The molecule has 2 aromatic rings. The Morgan fingerprint density at radius 2 is 1.28 bits per heavy atom. The Bertz CT molecular complexity index is 885. The number of hydrogen-bond donors (Lipinski definition) is 0. The number of ether oxygens (including phenoxy) is 1. The molecular weight excluding hydrogens is 416 g/mol. The second kappa shape index (κ2) is 9.44. The van der Waals surface area contributed by atoms with E-state index in [9.17, 15) is 17.6 Å². The van der Waals surface area contributed by atoms with Gasteiger partial charge in [0.25, 0.3) is 0 Å². The van der Waals surface area contributed by atoms with Crippen LogP contribution < -0.4 is 4.74 Å². The maximum atomic E-state index is 14.7. The van der Waals surface area contributed by atoms with Gasteiger partial charge in [-0.25, -0.2) is 8.78 Å². The first-order chi connectivity index (χ1) is 15.2. The molecule has 5 heteroatoms. The molecule has 0 saturated heterocycles. The predicted octanol–water partition coefficient (Wildman–Crippen LogP) is 8.50. The molecule has 174 valence electrons. The van der Waals surface area contributed by atoms with Crippen molar-refractivity contribution in [2.24, 2.45) is 17.8 Å². The van der Waals surface area contributed by atoms with Crippen LogP contribution in [0.1, 0.15) is 80.9 Å². The fraction of sp³-hybridized carbons (Fsp3) is 0.556. The van der Waals surface area contributed by atoms with Crippen molar-refractivity contribution >= 4 is 0 Å². The molecule has 1 nitrogen and oxygen atoms in total. The van der Waals surface area contributed by atoms with Gasteiger partial charge in [-0.15, -0.1) is 0 Å². The van der Waals surface area contributed by atoms with Crippen LogP contribution in [-0.2, 0) is 6.11 Å². The molecule has 0 aliphatic heterocycles. The van der Waals surface area contributed by atoms with Gasteiger partial charge in [-0.1, -0.05) is 37.5 Å². The number of halogens is 4. The van der Waals surface area contributed by atoms with E-state index in [0.29, 0.717) is 11.5 Å². The molecule has 2 fully saturated rings. The van der Waals surface area contributed by atoms with Crippen molar-refractivity contribution in [3.05, 3.63) is 64.7 Å². The third-order valence-electron chi connectivity index (χ3n) is 7.59. The quantitative estimate of drug-likeness (QED) is 0.417. The molecule has 2 saturated carbocycles. The summed E-state index contributed by atoms with van der Waals surface area (Å²) in [5.74, 6) is -0.362. The molecule has 0 amide bonds. The SMILES string of the molecule is Cc1ccc(OC(F)(F)c2c(F)cc(C3CCC(C4CCC(C)CC4)CC3)cc2F)cc1. The average molecular weight is 449 g/mol. The molecule has 0 atom stereocenters. The summed E-state index contributed by atoms with van der Waals surface area (Å²) in [4.78, 5) is 0. The van der Waals surface area contributed by atoms with Crippen LogP contribution in [0.25, 0.3) is 0 Å². The maximum absolute atomic E-state index is 14.7. The van der Waals surface area contributed by atoms with Crippen LogP contribution in [0.15, 0.2) is 36.4 Å². The van der Waals surface area contributed by atoms with Crippen molar-refractivity contribution < 1.29 is 22.3 Å². The minimum Gasteiger partial charge on any atom is -0.429 e. The highest BCUT2D eigenvalue weighted by molar-refractivity contribution is 5.33. The summed E-state index contributed by atoms with van der Waals surface area (Å²) in [7, 11) is 0. The zero-order chi connectivity index (χ0) is 22.9. The first kappa shape index (κ1) is 23.1. The Kier molecular flexibility index (Phi) is 6.83. The molecule has 4 rings (SSSR count). The lowest BCUT2D eigenvalue weighted by Gasteiger charge is -2.37. The van der Waals surface area contributed by atoms with Gasteiger partial charge in [-0.2, -0.15) is 8.78 Å². The van der Waals surface area contributed by atoms with E-state index in [4.69, 9.17) is 0 Å². The van der Waals surface area contributed by atoms with E-state index in [0.717, 1.165) is 55.2 Å². The molecule has 0 heterocycles. The van der Waals surface area contributed by atoms with Gasteiger partial charge in [0.05, 0.1) is 0 Å². The standard InChI is InChI=1S/C27H32F4O/c1-17-3-7-19(8-4-17)20-9-11-21(12-10-20)22-15-24(28)26(25(29)16-22)27(30,31)32-23-13-5-18(2)6-14-23/h5-6,13-17,19-21H,3-4,7-12H2,1-2H3. The van der Waals surface area contributed by atoms with Crippen molar-refractivity contribution in [3.8, 4) is 5.75 Å². The van der Waals surface area contributed by atoms with Gasteiger partial charge in [0.1, 0.15) is 22.9 Å². The molecule has 32 heavy (non-hydrogen) atoms. The fourth-order valence-electron chi connectivity index (χ4n) is 5.59. The van der Waals surface area contributed by atoms with Gasteiger partial charge >= 0.3 is 6.11 Å². The second-order valence-electron chi connectivity index (χ2n) is 9.92. The fourth-order valence-corrected chi connectivity index (χ4v) is 5.59. The van der Waals surface area contributed by atoms with Gasteiger partial charge < -0.3 is 4.74 Å². The molecule has 2 aliphatic rings. The molecule has 0 spiro atoms. The maximum Gasteiger partial charge on any atom is 0.432 e. The molecular formula is C27H32F4O. The van der Waals surface area contributed by atoms with Crippen LogP contribution in [0.4, 0.5) is 17.6 Å². The zero-order valence-corrected chi connectivity index (χ0v) is 18.9. The Morgan fingerprint density at radius 1 is 0.781 bits per heavy atom. The largest absolute Gasteiger partial charge is 0.432 e. The van der Waals surface area contributed by atoms with Crippen molar-refractivity contribution in [3.63, 3.8) is 0 Å². The van der Waals surface area contributed by atoms with Crippen LogP contribution in [0.3, 0.4) is 0 Å². The third-order valence-corrected chi connectivity index (χ3v) is 7.59. The lowest BCUT2D eigenvalue weighted by atomic mass is 9.68. The summed E-state index contributed by atoms with van der Waals surface area (Å²) in [5.41, 5.74) is 0.0209. The molecule has 0 aromatic heterocycles.